The standard InChI is InChI=1S/C11H14FNO/c1-14-8-3-4-9(10(12)7-8)11(13)5-2-6-11/h3-4,7H,2,5-6,13H2,1H3. The Bertz CT molecular complexity index is 347. The highest BCUT2D eigenvalue weighted by Gasteiger charge is 2.36. The molecular formula is C11H14FNO. The van der Waals surface area contributed by atoms with Crippen LogP contribution < -0.4 is 10.5 Å². The van der Waals surface area contributed by atoms with Crippen LogP contribution in [0.4, 0.5) is 4.39 Å². The van der Waals surface area contributed by atoms with Crippen molar-refractivity contribution in [3.05, 3.63) is 29.6 Å². The molecule has 2 nitrogen and oxygen atoms in total. The van der Waals surface area contributed by atoms with Crippen LogP contribution in [-0.2, 0) is 5.54 Å². The molecule has 0 atom stereocenters. The molecule has 1 saturated carbocycles. The Morgan fingerprint density at radius 2 is 2.14 bits per heavy atom. The first-order chi connectivity index (χ1) is 6.65. The van der Waals surface area contributed by atoms with Gasteiger partial charge in [-0.25, -0.2) is 4.39 Å². The minimum Gasteiger partial charge on any atom is -0.497 e. The summed E-state index contributed by atoms with van der Waals surface area (Å²) in [4.78, 5) is 0. The lowest BCUT2D eigenvalue weighted by molar-refractivity contribution is 0.244. The zero-order valence-corrected chi connectivity index (χ0v) is 8.22. The van der Waals surface area contributed by atoms with Crippen LogP contribution in [0.3, 0.4) is 0 Å². The van der Waals surface area contributed by atoms with Crippen LogP contribution >= 0.6 is 0 Å². The van der Waals surface area contributed by atoms with Crippen molar-refractivity contribution >= 4 is 0 Å². The third-order valence-electron chi connectivity index (χ3n) is 2.96. The highest BCUT2D eigenvalue weighted by Crippen LogP contribution is 2.40. The van der Waals surface area contributed by atoms with E-state index in [0.717, 1.165) is 19.3 Å². The minimum absolute atomic E-state index is 0.258. The van der Waals surface area contributed by atoms with Gasteiger partial charge in [0.2, 0.25) is 0 Å². The molecule has 0 aromatic heterocycles. The van der Waals surface area contributed by atoms with Gasteiger partial charge in [0.05, 0.1) is 7.11 Å². The second-order valence-corrected chi connectivity index (χ2v) is 3.86. The minimum atomic E-state index is -0.434. The Balaban J connectivity index is 2.35. The smallest absolute Gasteiger partial charge is 0.131 e. The molecule has 1 fully saturated rings. The largest absolute Gasteiger partial charge is 0.497 e. The van der Waals surface area contributed by atoms with E-state index < -0.39 is 5.54 Å². The van der Waals surface area contributed by atoms with Crippen molar-refractivity contribution in [3.63, 3.8) is 0 Å². The van der Waals surface area contributed by atoms with Gasteiger partial charge in [-0.05, 0) is 25.3 Å². The number of hydrogen-bond donors (Lipinski definition) is 1. The molecule has 14 heavy (non-hydrogen) atoms. The average Bonchev–Trinajstić information content (AvgIpc) is 2.14. The normalized spacial score (nSPS) is 18.8. The zero-order valence-electron chi connectivity index (χ0n) is 8.22. The summed E-state index contributed by atoms with van der Waals surface area (Å²) in [5.41, 5.74) is 6.22. The molecule has 0 radical (unpaired) electrons. The zero-order chi connectivity index (χ0) is 10.2. The first-order valence-corrected chi connectivity index (χ1v) is 4.79. The van der Waals surface area contributed by atoms with E-state index in [-0.39, 0.29) is 5.82 Å². The SMILES string of the molecule is COc1ccc(C2(N)CCC2)c(F)c1. The van der Waals surface area contributed by atoms with Gasteiger partial charge in [0.25, 0.3) is 0 Å². The first-order valence-electron chi connectivity index (χ1n) is 4.79. The lowest BCUT2D eigenvalue weighted by Crippen LogP contribution is -2.43. The summed E-state index contributed by atoms with van der Waals surface area (Å²) in [6, 6.07) is 4.88. The third kappa shape index (κ3) is 1.38. The monoisotopic (exact) mass is 195 g/mol. The molecule has 76 valence electrons. The number of ether oxygens (including phenoxy) is 1. The first kappa shape index (κ1) is 9.46. The Hall–Kier alpha value is -1.09. The molecular weight excluding hydrogens is 181 g/mol. The van der Waals surface area contributed by atoms with Crippen molar-refractivity contribution < 1.29 is 9.13 Å². The van der Waals surface area contributed by atoms with Gasteiger partial charge in [-0.1, -0.05) is 6.07 Å². The topological polar surface area (TPSA) is 35.2 Å². The number of halogens is 1. The van der Waals surface area contributed by atoms with Crippen LogP contribution in [0.1, 0.15) is 24.8 Å². The lowest BCUT2D eigenvalue weighted by Gasteiger charge is -2.38. The summed E-state index contributed by atoms with van der Waals surface area (Å²) < 4.78 is 18.5. The Labute approximate surface area is 82.9 Å². The molecule has 0 aliphatic heterocycles. The van der Waals surface area contributed by atoms with E-state index in [9.17, 15) is 4.39 Å². The lowest BCUT2D eigenvalue weighted by atomic mass is 9.72. The maximum atomic E-state index is 13.6. The van der Waals surface area contributed by atoms with Gasteiger partial charge in [0.15, 0.2) is 0 Å². The molecule has 0 unspecified atom stereocenters. The van der Waals surface area contributed by atoms with E-state index in [2.05, 4.69) is 0 Å². The predicted octanol–water partition coefficient (Wildman–Crippen LogP) is 2.17. The fourth-order valence-electron chi connectivity index (χ4n) is 1.85. The molecule has 1 aliphatic carbocycles. The van der Waals surface area contributed by atoms with Crippen LogP contribution in [0.25, 0.3) is 0 Å². The summed E-state index contributed by atoms with van der Waals surface area (Å²) in [5, 5.41) is 0. The van der Waals surface area contributed by atoms with Crippen LogP contribution in [0.5, 0.6) is 5.75 Å². The number of benzene rings is 1. The fourth-order valence-corrected chi connectivity index (χ4v) is 1.85. The van der Waals surface area contributed by atoms with E-state index in [1.165, 1.54) is 13.2 Å². The van der Waals surface area contributed by atoms with E-state index in [1.807, 2.05) is 0 Å². The number of nitrogens with two attached hydrogens (primary N) is 1. The van der Waals surface area contributed by atoms with Crippen LogP contribution in [-0.4, -0.2) is 7.11 Å². The molecule has 0 bridgehead atoms. The highest BCUT2D eigenvalue weighted by atomic mass is 19.1. The highest BCUT2D eigenvalue weighted by molar-refractivity contribution is 5.34. The molecule has 3 heteroatoms. The van der Waals surface area contributed by atoms with Gasteiger partial charge in [0.1, 0.15) is 11.6 Å². The molecule has 0 spiro atoms. The van der Waals surface area contributed by atoms with Gasteiger partial charge in [0, 0.05) is 17.2 Å². The molecule has 2 rings (SSSR count). The van der Waals surface area contributed by atoms with Crippen molar-refractivity contribution in [3.8, 4) is 5.75 Å². The number of rotatable bonds is 2. The summed E-state index contributed by atoms with van der Waals surface area (Å²) in [5.74, 6) is 0.278. The van der Waals surface area contributed by atoms with Crippen molar-refractivity contribution in [2.24, 2.45) is 5.73 Å². The second-order valence-electron chi connectivity index (χ2n) is 3.86. The Kier molecular flexibility index (Phi) is 2.19. The predicted molar refractivity (Wildman–Crippen MR) is 52.7 cm³/mol. The van der Waals surface area contributed by atoms with Crippen LogP contribution in [0, 0.1) is 5.82 Å². The van der Waals surface area contributed by atoms with Gasteiger partial charge < -0.3 is 10.5 Å². The molecule has 0 saturated heterocycles. The third-order valence-corrected chi connectivity index (χ3v) is 2.96. The van der Waals surface area contributed by atoms with Crippen molar-refractivity contribution in [1.82, 2.24) is 0 Å². The van der Waals surface area contributed by atoms with Crippen LogP contribution in [0.15, 0.2) is 18.2 Å². The van der Waals surface area contributed by atoms with E-state index in [1.54, 1.807) is 12.1 Å². The van der Waals surface area contributed by atoms with Gasteiger partial charge in [-0.15, -0.1) is 0 Å². The summed E-state index contributed by atoms with van der Waals surface area (Å²) in [6.07, 6.45) is 2.83. The summed E-state index contributed by atoms with van der Waals surface area (Å²) >= 11 is 0. The molecule has 1 aromatic carbocycles. The van der Waals surface area contributed by atoms with Crippen molar-refractivity contribution in [2.45, 2.75) is 24.8 Å². The maximum absolute atomic E-state index is 13.6. The van der Waals surface area contributed by atoms with E-state index >= 15 is 0 Å². The van der Waals surface area contributed by atoms with Gasteiger partial charge in [-0.3, -0.25) is 0 Å². The number of methoxy groups -OCH3 is 1. The molecule has 2 N–H and O–H groups in total. The quantitative estimate of drug-likeness (QED) is 0.785. The Morgan fingerprint density at radius 1 is 1.43 bits per heavy atom. The maximum Gasteiger partial charge on any atom is 0.131 e. The Morgan fingerprint density at radius 3 is 2.57 bits per heavy atom. The molecule has 1 aromatic rings. The second kappa shape index (κ2) is 3.24. The van der Waals surface area contributed by atoms with E-state index in [4.69, 9.17) is 10.5 Å². The molecule has 0 amide bonds. The van der Waals surface area contributed by atoms with Crippen LogP contribution in [0.2, 0.25) is 0 Å². The number of hydrogen-bond acceptors (Lipinski definition) is 2. The summed E-state index contributed by atoms with van der Waals surface area (Å²) in [6.45, 7) is 0. The fraction of sp³-hybridized carbons (Fsp3) is 0.455. The van der Waals surface area contributed by atoms with Gasteiger partial charge in [-0.2, -0.15) is 0 Å². The molecule has 1 aliphatic rings. The van der Waals surface area contributed by atoms with E-state index in [0.29, 0.717) is 11.3 Å². The van der Waals surface area contributed by atoms with Crippen molar-refractivity contribution in [2.75, 3.05) is 7.11 Å². The average molecular weight is 195 g/mol. The summed E-state index contributed by atoms with van der Waals surface area (Å²) in [7, 11) is 1.52. The molecule has 0 heterocycles. The van der Waals surface area contributed by atoms with Gasteiger partial charge >= 0.3 is 0 Å². The van der Waals surface area contributed by atoms with Crippen molar-refractivity contribution in [1.29, 1.82) is 0 Å².